The summed E-state index contributed by atoms with van der Waals surface area (Å²) in [6.07, 6.45) is 2.72. The van der Waals surface area contributed by atoms with Crippen LogP contribution >= 0.6 is 0 Å². The molecule has 1 aromatic carbocycles. The summed E-state index contributed by atoms with van der Waals surface area (Å²) >= 11 is 0. The van der Waals surface area contributed by atoms with Crippen LogP contribution < -0.4 is 10.9 Å². The molecule has 0 radical (unpaired) electrons. The van der Waals surface area contributed by atoms with E-state index in [-0.39, 0.29) is 5.56 Å². The Morgan fingerprint density at radius 3 is 2.48 bits per heavy atom. The summed E-state index contributed by atoms with van der Waals surface area (Å²) in [4.78, 5) is 27.0. The van der Waals surface area contributed by atoms with Crippen LogP contribution in [0.2, 0.25) is 0 Å². The fourth-order valence-corrected chi connectivity index (χ4v) is 1.53. The summed E-state index contributed by atoms with van der Waals surface area (Å²) in [6.45, 7) is 0. The molecule has 0 saturated carbocycles. The number of benzene rings is 1. The third-order valence-electron chi connectivity index (χ3n) is 2.47. The number of rotatable bonds is 2. The molecule has 0 aliphatic carbocycles. The number of phenols is 1. The average molecular weight is 293 g/mol. The smallest absolute Gasteiger partial charge is 0.276 e. The lowest BCUT2D eigenvalue weighted by Crippen LogP contribution is -2.42. The molecule has 21 heavy (non-hydrogen) atoms. The number of aromatic nitrogens is 1. The number of nitrogens with one attached hydrogen (secondary N) is 2. The Hall–Kier alpha value is -3.03. The molecule has 108 valence electrons. The Balaban J connectivity index is 2.08. The van der Waals surface area contributed by atoms with Crippen molar-refractivity contribution in [2.45, 2.75) is 0 Å². The van der Waals surface area contributed by atoms with E-state index >= 15 is 0 Å². The normalized spacial score (nSPS) is 10.0. The highest BCUT2D eigenvalue weighted by molar-refractivity contribution is 6.00. The predicted octanol–water partition coefficient (Wildman–Crippen LogP) is 1.14. The van der Waals surface area contributed by atoms with Gasteiger partial charge in [0.05, 0.1) is 5.56 Å². The number of hydrazine groups is 1. The van der Waals surface area contributed by atoms with Gasteiger partial charge in [0.2, 0.25) is 0 Å². The number of amides is 2. The summed E-state index contributed by atoms with van der Waals surface area (Å²) in [5.41, 5.74) is 3.32. The lowest BCUT2D eigenvalue weighted by molar-refractivity contribution is 0.0842. The number of carbonyl (C=O) groups is 2. The van der Waals surface area contributed by atoms with Crippen LogP contribution in [0.5, 0.6) is 5.75 Å². The maximum Gasteiger partial charge on any atom is 0.276 e. The molecule has 2 rings (SSSR count). The molecule has 3 N–H and O–H groups in total. The van der Waals surface area contributed by atoms with Gasteiger partial charge in [-0.15, -0.1) is 0 Å². The van der Waals surface area contributed by atoms with E-state index < -0.39 is 34.8 Å². The molecular formula is C13H9F2N3O3. The zero-order valence-corrected chi connectivity index (χ0v) is 10.4. The van der Waals surface area contributed by atoms with Crippen LogP contribution in [0.25, 0.3) is 0 Å². The van der Waals surface area contributed by atoms with Crippen molar-refractivity contribution in [1.29, 1.82) is 0 Å². The van der Waals surface area contributed by atoms with Gasteiger partial charge in [-0.3, -0.25) is 25.4 Å². The monoisotopic (exact) mass is 293 g/mol. The Morgan fingerprint density at radius 2 is 1.86 bits per heavy atom. The lowest BCUT2D eigenvalue weighted by atomic mass is 10.1. The van der Waals surface area contributed by atoms with Crippen molar-refractivity contribution < 1.29 is 23.5 Å². The van der Waals surface area contributed by atoms with E-state index in [9.17, 15) is 23.5 Å². The molecule has 0 aliphatic heterocycles. The van der Waals surface area contributed by atoms with Gasteiger partial charge in [0.15, 0.2) is 0 Å². The zero-order valence-electron chi connectivity index (χ0n) is 10.4. The summed E-state index contributed by atoms with van der Waals surface area (Å²) in [5, 5.41) is 9.36. The van der Waals surface area contributed by atoms with Crippen molar-refractivity contribution in [3.63, 3.8) is 0 Å². The van der Waals surface area contributed by atoms with Crippen molar-refractivity contribution in [3.8, 4) is 5.75 Å². The number of hydrogen-bond donors (Lipinski definition) is 3. The highest BCUT2D eigenvalue weighted by Crippen LogP contribution is 2.21. The molecule has 0 bridgehead atoms. The van der Waals surface area contributed by atoms with Crippen LogP contribution in [0.4, 0.5) is 8.78 Å². The first kappa shape index (κ1) is 14.4. The van der Waals surface area contributed by atoms with Crippen LogP contribution in [-0.2, 0) is 0 Å². The molecule has 0 aliphatic rings. The molecule has 0 unspecified atom stereocenters. The molecule has 1 aromatic heterocycles. The Bertz CT molecular complexity index is 669. The molecular weight excluding hydrogens is 284 g/mol. The summed E-state index contributed by atoms with van der Waals surface area (Å²) in [5.74, 6) is -4.96. The van der Waals surface area contributed by atoms with E-state index in [1.807, 2.05) is 10.9 Å². The van der Waals surface area contributed by atoms with E-state index in [2.05, 4.69) is 4.98 Å². The van der Waals surface area contributed by atoms with E-state index in [1.54, 1.807) is 0 Å². The van der Waals surface area contributed by atoms with E-state index in [0.717, 1.165) is 0 Å². The highest BCUT2D eigenvalue weighted by atomic mass is 19.1. The van der Waals surface area contributed by atoms with Gasteiger partial charge in [0.1, 0.15) is 22.9 Å². The molecule has 0 spiro atoms. The number of pyridine rings is 1. The Labute approximate surface area is 117 Å². The van der Waals surface area contributed by atoms with Gasteiger partial charge in [-0.1, -0.05) is 0 Å². The van der Waals surface area contributed by atoms with Gasteiger partial charge >= 0.3 is 0 Å². The van der Waals surface area contributed by atoms with Crippen molar-refractivity contribution >= 4 is 11.8 Å². The fraction of sp³-hybridized carbons (Fsp3) is 0. The molecule has 6 nitrogen and oxygen atoms in total. The topological polar surface area (TPSA) is 91.3 Å². The summed E-state index contributed by atoms with van der Waals surface area (Å²) in [7, 11) is 0. The summed E-state index contributed by atoms with van der Waals surface area (Å²) < 4.78 is 26.2. The van der Waals surface area contributed by atoms with Gasteiger partial charge < -0.3 is 5.11 Å². The predicted molar refractivity (Wildman–Crippen MR) is 67.2 cm³/mol. The first-order chi connectivity index (χ1) is 9.99. The molecule has 1 heterocycles. The van der Waals surface area contributed by atoms with Crippen molar-refractivity contribution in [2.24, 2.45) is 0 Å². The first-order valence-electron chi connectivity index (χ1n) is 5.67. The van der Waals surface area contributed by atoms with E-state index in [1.165, 1.54) is 24.5 Å². The number of halogens is 2. The number of carbonyl (C=O) groups excluding carboxylic acids is 2. The minimum atomic E-state index is -1.25. The maximum atomic E-state index is 13.4. The molecule has 0 atom stereocenters. The summed E-state index contributed by atoms with van der Waals surface area (Å²) in [6, 6.07) is 3.99. The Morgan fingerprint density at radius 1 is 1.14 bits per heavy atom. The number of phenolic OH excluding ortho intramolecular Hbond substituents is 1. The van der Waals surface area contributed by atoms with E-state index in [0.29, 0.717) is 12.1 Å². The second-order valence-electron chi connectivity index (χ2n) is 3.93. The van der Waals surface area contributed by atoms with Crippen molar-refractivity contribution in [1.82, 2.24) is 15.8 Å². The van der Waals surface area contributed by atoms with Crippen LogP contribution in [0.3, 0.4) is 0 Å². The third-order valence-corrected chi connectivity index (χ3v) is 2.47. The second kappa shape index (κ2) is 5.95. The zero-order chi connectivity index (χ0) is 15.4. The second-order valence-corrected chi connectivity index (χ2v) is 3.93. The minimum Gasteiger partial charge on any atom is -0.507 e. The van der Waals surface area contributed by atoms with Crippen LogP contribution in [0, 0.1) is 11.6 Å². The first-order valence-corrected chi connectivity index (χ1v) is 5.67. The minimum absolute atomic E-state index is 0.168. The van der Waals surface area contributed by atoms with Gasteiger partial charge in [0.25, 0.3) is 11.8 Å². The lowest BCUT2D eigenvalue weighted by Gasteiger charge is -2.09. The number of aromatic hydroxyl groups is 1. The van der Waals surface area contributed by atoms with Crippen molar-refractivity contribution in [2.75, 3.05) is 0 Å². The largest absolute Gasteiger partial charge is 0.507 e. The van der Waals surface area contributed by atoms with Gasteiger partial charge in [-0.2, -0.15) is 0 Å². The standard InChI is InChI=1S/C13H9F2N3O3/c14-8-4-9(15)11(10(19)5-8)13(21)18-17-12(20)7-2-1-3-16-6-7/h1-6,19H,(H,17,20)(H,18,21). The van der Waals surface area contributed by atoms with Gasteiger partial charge in [-0.05, 0) is 12.1 Å². The Kier molecular flexibility index (Phi) is 4.07. The van der Waals surface area contributed by atoms with Crippen LogP contribution in [0.15, 0.2) is 36.7 Å². The SMILES string of the molecule is O=C(NNC(=O)c1c(O)cc(F)cc1F)c1cccnc1. The molecule has 2 amide bonds. The molecule has 2 aromatic rings. The van der Waals surface area contributed by atoms with Crippen LogP contribution in [-0.4, -0.2) is 21.9 Å². The molecule has 0 saturated heterocycles. The van der Waals surface area contributed by atoms with Crippen LogP contribution in [0.1, 0.15) is 20.7 Å². The highest BCUT2D eigenvalue weighted by Gasteiger charge is 2.19. The van der Waals surface area contributed by atoms with Gasteiger partial charge in [0, 0.05) is 24.5 Å². The molecule has 0 fully saturated rings. The third kappa shape index (κ3) is 3.30. The maximum absolute atomic E-state index is 13.4. The van der Waals surface area contributed by atoms with Gasteiger partial charge in [-0.25, -0.2) is 8.78 Å². The van der Waals surface area contributed by atoms with E-state index in [4.69, 9.17) is 0 Å². The fourth-order valence-electron chi connectivity index (χ4n) is 1.53. The molecule has 8 heteroatoms. The quantitative estimate of drug-likeness (QED) is 0.724. The van der Waals surface area contributed by atoms with Crippen molar-refractivity contribution in [3.05, 3.63) is 59.4 Å². The number of hydrogen-bond acceptors (Lipinski definition) is 4. The number of nitrogens with zero attached hydrogens (tertiary/aromatic N) is 1. The average Bonchev–Trinajstić information content (AvgIpc) is 2.44.